The SMILES string of the molecule is NCCCCCCC(O)(O)C(O)(O)C(O)(O)O. The van der Waals surface area contributed by atoms with Gasteiger partial charge in [0.05, 0.1) is 0 Å². The van der Waals surface area contributed by atoms with Crippen LogP contribution in [0.2, 0.25) is 0 Å². The van der Waals surface area contributed by atoms with E-state index in [2.05, 4.69) is 0 Å². The van der Waals surface area contributed by atoms with Gasteiger partial charge in [0, 0.05) is 6.42 Å². The molecule has 0 aliphatic heterocycles. The molecule has 0 spiro atoms. The lowest BCUT2D eigenvalue weighted by Gasteiger charge is -2.39. The van der Waals surface area contributed by atoms with E-state index in [0.717, 1.165) is 12.8 Å². The molecule has 8 heteroatoms. The topological polar surface area (TPSA) is 168 Å². The molecule has 0 atom stereocenters. The van der Waals surface area contributed by atoms with Gasteiger partial charge < -0.3 is 41.5 Å². The first-order chi connectivity index (χ1) is 7.56. The lowest BCUT2D eigenvalue weighted by molar-refractivity contribution is -0.509. The Hall–Kier alpha value is -0.320. The fraction of sp³-hybridized carbons (Fsp3) is 1.00. The zero-order valence-electron chi connectivity index (χ0n) is 9.45. The Morgan fingerprint density at radius 2 is 1.18 bits per heavy atom. The van der Waals surface area contributed by atoms with Gasteiger partial charge in [0.25, 0.3) is 0 Å². The minimum absolute atomic E-state index is 0.186. The monoisotopic (exact) mass is 255 g/mol. The summed E-state index contributed by atoms with van der Waals surface area (Å²) < 4.78 is 0. The van der Waals surface area contributed by atoms with Crippen molar-refractivity contribution < 1.29 is 35.7 Å². The molecule has 0 amide bonds. The number of unbranched alkanes of at least 4 members (excludes halogenated alkanes) is 3. The van der Waals surface area contributed by atoms with Crippen molar-refractivity contribution in [2.24, 2.45) is 5.73 Å². The maximum Gasteiger partial charge on any atom is 0.338 e. The Morgan fingerprint density at radius 3 is 1.59 bits per heavy atom. The first kappa shape index (κ1) is 16.7. The Bertz CT molecular complexity index is 224. The zero-order valence-corrected chi connectivity index (χ0v) is 9.45. The van der Waals surface area contributed by atoms with Crippen molar-refractivity contribution in [3.8, 4) is 0 Å². The van der Waals surface area contributed by atoms with Crippen LogP contribution in [0.3, 0.4) is 0 Å². The largest absolute Gasteiger partial charge is 0.361 e. The highest BCUT2D eigenvalue weighted by molar-refractivity contribution is 4.87. The summed E-state index contributed by atoms with van der Waals surface area (Å²) in [6.45, 7) is 0.500. The third-order valence-corrected chi connectivity index (χ3v) is 2.51. The highest BCUT2D eigenvalue weighted by Crippen LogP contribution is 2.30. The first-order valence-electron chi connectivity index (χ1n) is 5.33. The molecule has 17 heavy (non-hydrogen) atoms. The van der Waals surface area contributed by atoms with Crippen molar-refractivity contribution in [1.82, 2.24) is 0 Å². The van der Waals surface area contributed by atoms with E-state index in [4.69, 9.17) is 31.3 Å². The summed E-state index contributed by atoms with van der Waals surface area (Å²) in [6.07, 6.45) is 1.65. The van der Waals surface area contributed by atoms with Crippen molar-refractivity contribution in [2.75, 3.05) is 6.54 Å². The van der Waals surface area contributed by atoms with Crippen LogP contribution in [0.15, 0.2) is 0 Å². The molecule has 0 aliphatic carbocycles. The minimum atomic E-state index is -4.03. The van der Waals surface area contributed by atoms with E-state index in [-0.39, 0.29) is 6.42 Å². The van der Waals surface area contributed by atoms with Gasteiger partial charge in [0.1, 0.15) is 0 Å². The Kier molecular flexibility index (Phi) is 5.91. The molecule has 0 saturated heterocycles. The Balaban J connectivity index is 4.28. The fourth-order valence-electron chi connectivity index (χ4n) is 1.31. The molecule has 0 radical (unpaired) electrons. The van der Waals surface area contributed by atoms with Crippen molar-refractivity contribution in [1.29, 1.82) is 0 Å². The molecule has 0 bridgehead atoms. The first-order valence-corrected chi connectivity index (χ1v) is 5.33. The standard InChI is InChI=1S/C9H21NO7/c10-6-4-2-1-3-5-7(11,12)8(13,14)9(15,16)17/h11-17H,1-6,10H2. The van der Waals surface area contributed by atoms with Crippen LogP contribution in [0.5, 0.6) is 0 Å². The summed E-state index contributed by atoms with van der Waals surface area (Å²) in [5, 5.41) is 62.5. The van der Waals surface area contributed by atoms with E-state index < -0.39 is 24.0 Å². The Morgan fingerprint density at radius 1 is 0.706 bits per heavy atom. The highest BCUT2D eigenvalue weighted by Gasteiger charge is 2.61. The summed E-state index contributed by atoms with van der Waals surface area (Å²) in [7, 11) is 0. The van der Waals surface area contributed by atoms with Gasteiger partial charge in [-0.2, -0.15) is 0 Å². The molecule has 8 nitrogen and oxygen atoms in total. The van der Waals surface area contributed by atoms with E-state index in [1.807, 2.05) is 0 Å². The third-order valence-electron chi connectivity index (χ3n) is 2.51. The maximum atomic E-state index is 9.29. The Labute approximate surface area is 98.6 Å². The fourth-order valence-corrected chi connectivity index (χ4v) is 1.31. The number of hydrogen-bond acceptors (Lipinski definition) is 8. The maximum absolute atomic E-state index is 9.29. The van der Waals surface area contributed by atoms with Gasteiger partial charge in [-0.25, -0.2) is 0 Å². The predicted octanol–water partition coefficient (Wildman–Crippen LogP) is -3.11. The molecule has 0 saturated carbocycles. The second kappa shape index (κ2) is 6.03. The molecule has 0 fully saturated rings. The summed E-state index contributed by atoms with van der Waals surface area (Å²) in [5.74, 6) is -11.1. The second-order valence-electron chi connectivity index (χ2n) is 4.08. The molecule has 0 rings (SSSR count). The average Bonchev–Trinajstić information content (AvgIpc) is 2.15. The van der Waals surface area contributed by atoms with Crippen LogP contribution in [0.4, 0.5) is 0 Å². The van der Waals surface area contributed by atoms with Gasteiger partial charge >= 0.3 is 11.8 Å². The molecule has 0 aromatic heterocycles. The van der Waals surface area contributed by atoms with Crippen molar-refractivity contribution in [3.05, 3.63) is 0 Å². The molecule has 0 heterocycles. The predicted molar refractivity (Wildman–Crippen MR) is 55.9 cm³/mol. The number of hydrogen-bond donors (Lipinski definition) is 8. The summed E-state index contributed by atoms with van der Waals surface area (Å²) in [6, 6.07) is 0. The highest BCUT2D eigenvalue weighted by atomic mass is 16.7. The van der Waals surface area contributed by atoms with E-state index in [1.165, 1.54) is 0 Å². The lowest BCUT2D eigenvalue weighted by atomic mass is 9.96. The van der Waals surface area contributed by atoms with Gasteiger partial charge in [-0.1, -0.05) is 12.8 Å². The van der Waals surface area contributed by atoms with Crippen LogP contribution in [-0.2, 0) is 0 Å². The van der Waals surface area contributed by atoms with Gasteiger partial charge in [-0.05, 0) is 19.4 Å². The van der Waals surface area contributed by atoms with Crippen LogP contribution < -0.4 is 5.73 Å². The van der Waals surface area contributed by atoms with E-state index in [1.54, 1.807) is 0 Å². The molecule has 9 N–H and O–H groups in total. The van der Waals surface area contributed by atoms with Gasteiger partial charge in [-0.3, -0.25) is 0 Å². The van der Waals surface area contributed by atoms with Gasteiger partial charge in [0.15, 0.2) is 0 Å². The average molecular weight is 255 g/mol. The molecular formula is C9H21NO7. The number of rotatable bonds is 8. The molecule has 0 unspecified atom stereocenters. The summed E-state index contributed by atoms with van der Waals surface area (Å²) in [5.41, 5.74) is 5.24. The molecule has 0 aromatic rings. The molecular weight excluding hydrogens is 234 g/mol. The van der Waals surface area contributed by atoms with Crippen LogP contribution in [-0.4, -0.2) is 59.8 Å². The quantitative estimate of drug-likeness (QED) is 0.166. The van der Waals surface area contributed by atoms with Crippen LogP contribution in [0.25, 0.3) is 0 Å². The molecule has 0 aromatic carbocycles. The summed E-state index contributed by atoms with van der Waals surface area (Å²) in [4.78, 5) is 0. The van der Waals surface area contributed by atoms with Crippen LogP contribution in [0, 0.1) is 0 Å². The van der Waals surface area contributed by atoms with Crippen molar-refractivity contribution in [3.63, 3.8) is 0 Å². The van der Waals surface area contributed by atoms with Crippen molar-refractivity contribution in [2.45, 2.75) is 49.7 Å². The third kappa shape index (κ3) is 4.45. The smallest absolute Gasteiger partial charge is 0.338 e. The van der Waals surface area contributed by atoms with E-state index in [9.17, 15) is 10.2 Å². The normalized spacial score (nSPS) is 14.1. The van der Waals surface area contributed by atoms with Gasteiger partial charge in [0.2, 0.25) is 5.79 Å². The number of nitrogens with two attached hydrogens (primary N) is 1. The van der Waals surface area contributed by atoms with Gasteiger partial charge in [-0.15, -0.1) is 0 Å². The van der Waals surface area contributed by atoms with E-state index >= 15 is 0 Å². The zero-order chi connectivity index (χ0) is 13.7. The molecule has 0 aliphatic rings. The second-order valence-corrected chi connectivity index (χ2v) is 4.08. The van der Waals surface area contributed by atoms with Crippen molar-refractivity contribution >= 4 is 0 Å². The number of aliphatic hydroxyl groups is 7. The van der Waals surface area contributed by atoms with Crippen LogP contribution >= 0.6 is 0 Å². The lowest BCUT2D eigenvalue weighted by Crippen LogP contribution is -2.68. The molecule has 104 valence electrons. The van der Waals surface area contributed by atoms with Crippen LogP contribution in [0.1, 0.15) is 32.1 Å². The van der Waals surface area contributed by atoms with E-state index in [0.29, 0.717) is 13.0 Å². The summed E-state index contributed by atoms with van der Waals surface area (Å²) >= 11 is 0. The minimum Gasteiger partial charge on any atom is -0.361 e.